The molecule has 2 aromatic carbocycles. The van der Waals surface area contributed by atoms with Crippen LogP contribution in [0.4, 0.5) is 0 Å². The number of H-pyrrole nitrogens is 1. The molecular formula is C35H40N6O5S. The Morgan fingerprint density at radius 3 is 2.47 bits per heavy atom. The fourth-order valence-corrected chi connectivity index (χ4v) is 7.39. The molecule has 2 aromatic heterocycles. The molecule has 0 spiro atoms. The minimum atomic E-state index is -1.00. The molecule has 4 atom stereocenters. The number of carbonyl (C=O) groups excluding carboxylic acids is 4. The lowest BCUT2D eigenvalue weighted by Crippen LogP contribution is -2.57. The highest BCUT2D eigenvalue weighted by Crippen LogP contribution is 2.24. The number of rotatable bonds is 6. The quantitative estimate of drug-likeness (QED) is 0.214. The van der Waals surface area contributed by atoms with Crippen molar-refractivity contribution in [2.45, 2.75) is 57.0 Å². The van der Waals surface area contributed by atoms with Crippen LogP contribution < -0.4 is 16.0 Å². The number of thiophene rings is 1. The molecule has 12 heteroatoms. The maximum atomic E-state index is 14.3. The van der Waals surface area contributed by atoms with E-state index in [1.54, 1.807) is 11.3 Å². The van der Waals surface area contributed by atoms with Crippen LogP contribution in [0.1, 0.15) is 27.3 Å². The fourth-order valence-electron chi connectivity index (χ4n) is 6.46. The Morgan fingerprint density at radius 2 is 1.68 bits per heavy atom. The van der Waals surface area contributed by atoms with Gasteiger partial charge in [-0.05, 0) is 36.2 Å². The predicted octanol–water partition coefficient (Wildman–Crippen LogP) is 1.89. The summed E-state index contributed by atoms with van der Waals surface area (Å²) in [6, 6.07) is 18.3. The third kappa shape index (κ3) is 7.90. The van der Waals surface area contributed by atoms with Gasteiger partial charge >= 0.3 is 0 Å². The van der Waals surface area contributed by atoms with Gasteiger partial charge in [0.25, 0.3) is 0 Å². The highest BCUT2D eigenvalue weighted by Gasteiger charge is 2.42. The number of aliphatic hydroxyl groups excluding tert-OH is 1. The second kappa shape index (κ2) is 14.5. The van der Waals surface area contributed by atoms with Gasteiger partial charge in [-0.25, -0.2) is 0 Å². The van der Waals surface area contributed by atoms with E-state index in [1.165, 1.54) is 4.90 Å². The Kier molecular flexibility index (Phi) is 10.00. The molecule has 4 heterocycles. The van der Waals surface area contributed by atoms with Crippen molar-refractivity contribution in [3.05, 3.63) is 93.8 Å². The Morgan fingerprint density at radius 1 is 0.894 bits per heavy atom. The summed E-state index contributed by atoms with van der Waals surface area (Å²) in [5.41, 5.74) is 2.63. The number of hydrogen-bond donors (Lipinski definition) is 5. The Hall–Kier alpha value is -4.52. The van der Waals surface area contributed by atoms with E-state index in [0.29, 0.717) is 13.1 Å². The molecule has 6 rings (SSSR count). The highest BCUT2D eigenvalue weighted by molar-refractivity contribution is 7.11. The lowest BCUT2D eigenvalue weighted by atomic mass is 10.0. The third-order valence-corrected chi connectivity index (χ3v) is 9.77. The number of carbonyl (C=O) groups is 4. The van der Waals surface area contributed by atoms with E-state index in [2.05, 4.69) is 20.9 Å². The van der Waals surface area contributed by atoms with Crippen LogP contribution in [-0.2, 0) is 38.6 Å². The summed E-state index contributed by atoms with van der Waals surface area (Å²) in [6.45, 7) is 3.09. The maximum Gasteiger partial charge on any atom is 0.246 e. The first-order valence-corrected chi connectivity index (χ1v) is 16.8. The normalized spacial score (nSPS) is 23.5. The van der Waals surface area contributed by atoms with Crippen molar-refractivity contribution in [2.24, 2.45) is 0 Å². The van der Waals surface area contributed by atoms with Crippen LogP contribution in [0.25, 0.3) is 10.9 Å². The van der Waals surface area contributed by atoms with Gasteiger partial charge in [-0.2, -0.15) is 0 Å². The molecule has 4 aromatic rings. The SMILES string of the molecule is Cc1ccc(CN2CCNC(=O)[C@H](Cc3ccccc3)NC(=O)[C@@H]3C[C@@H](O)CN3C(=O)[C@@H](Cc3c[nH]c4ccccc34)NC(=O)C2)s1. The molecule has 0 unspecified atom stereocenters. The molecule has 2 aliphatic heterocycles. The van der Waals surface area contributed by atoms with Crippen molar-refractivity contribution in [2.75, 3.05) is 26.2 Å². The summed E-state index contributed by atoms with van der Waals surface area (Å²) in [6.07, 6.45) is 1.38. The Balaban J connectivity index is 1.32. The molecule has 0 bridgehead atoms. The zero-order chi connectivity index (χ0) is 32.9. The molecule has 2 aliphatic rings. The van der Waals surface area contributed by atoms with E-state index < -0.39 is 36.0 Å². The lowest BCUT2D eigenvalue weighted by Gasteiger charge is -2.30. The third-order valence-electron chi connectivity index (χ3n) is 8.78. The topological polar surface area (TPSA) is 147 Å². The fraction of sp³-hybridized carbons (Fsp3) is 0.371. The molecule has 11 nitrogen and oxygen atoms in total. The van der Waals surface area contributed by atoms with E-state index >= 15 is 0 Å². The zero-order valence-electron chi connectivity index (χ0n) is 26.3. The maximum absolute atomic E-state index is 14.3. The smallest absolute Gasteiger partial charge is 0.246 e. The van der Waals surface area contributed by atoms with Gasteiger partial charge in [0.1, 0.15) is 18.1 Å². The van der Waals surface area contributed by atoms with Crippen LogP contribution in [0.3, 0.4) is 0 Å². The van der Waals surface area contributed by atoms with E-state index in [0.717, 1.165) is 31.8 Å². The molecule has 2 fully saturated rings. The van der Waals surface area contributed by atoms with Crippen molar-refractivity contribution in [3.8, 4) is 0 Å². The first kappa shape index (κ1) is 32.4. The standard InChI is InChI=1S/C35H40N6O5S/c1-22-11-12-26(47-22)20-40-14-13-36-33(44)29(15-23-7-3-2-4-8-23)39-34(45)31-17-25(42)19-41(31)35(46)30(38-32(43)21-40)16-24-18-37-28-10-6-5-9-27(24)28/h2-12,18,25,29-31,37,42H,13-17,19-21H2,1H3,(H,36,44)(H,38,43)(H,39,45)/t25-,29+,30-,31+/m1/s1. The van der Waals surface area contributed by atoms with Gasteiger partial charge in [-0.15, -0.1) is 11.3 Å². The number of aryl methyl sites for hydroxylation is 1. The molecule has 2 saturated heterocycles. The number of benzene rings is 2. The van der Waals surface area contributed by atoms with Crippen molar-refractivity contribution in [1.82, 2.24) is 30.7 Å². The number of aromatic amines is 1. The van der Waals surface area contributed by atoms with Crippen LogP contribution in [0.15, 0.2) is 72.9 Å². The molecule has 0 radical (unpaired) electrons. The first-order valence-electron chi connectivity index (χ1n) is 16.0. The van der Waals surface area contributed by atoms with Crippen molar-refractivity contribution >= 4 is 45.9 Å². The summed E-state index contributed by atoms with van der Waals surface area (Å²) in [5, 5.41) is 20.4. The second-order valence-corrected chi connectivity index (χ2v) is 13.7. The summed E-state index contributed by atoms with van der Waals surface area (Å²) >= 11 is 1.64. The van der Waals surface area contributed by atoms with Crippen molar-refractivity contribution in [1.29, 1.82) is 0 Å². The summed E-state index contributed by atoms with van der Waals surface area (Å²) < 4.78 is 0. The minimum absolute atomic E-state index is 0.00115. The summed E-state index contributed by atoms with van der Waals surface area (Å²) in [7, 11) is 0. The van der Waals surface area contributed by atoms with Crippen LogP contribution in [0.2, 0.25) is 0 Å². The average Bonchev–Trinajstić information content (AvgIpc) is 3.78. The van der Waals surface area contributed by atoms with E-state index in [-0.39, 0.29) is 50.7 Å². The van der Waals surface area contributed by atoms with Gasteiger partial charge in [0.05, 0.1) is 12.6 Å². The molecule has 0 aliphatic carbocycles. The van der Waals surface area contributed by atoms with Gasteiger partial charge in [0, 0.05) is 72.3 Å². The van der Waals surface area contributed by atoms with Gasteiger partial charge in [0.15, 0.2) is 0 Å². The summed E-state index contributed by atoms with van der Waals surface area (Å²) in [4.78, 5) is 64.1. The molecule has 0 saturated carbocycles. The van der Waals surface area contributed by atoms with Crippen LogP contribution in [-0.4, -0.2) is 93.9 Å². The number of para-hydroxylation sites is 1. The predicted molar refractivity (Wildman–Crippen MR) is 179 cm³/mol. The average molecular weight is 657 g/mol. The number of aromatic nitrogens is 1. The number of aliphatic hydroxyl groups is 1. The lowest BCUT2D eigenvalue weighted by molar-refractivity contribution is -0.142. The van der Waals surface area contributed by atoms with E-state index in [9.17, 15) is 24.3 Å². The Labute approximate surface area is 277 Å². The van der Waals surface area contributed by atoms with Crippen molar-refractivity contribution < 1.29 is 24.3 Å². The summed E-state index contributed by atoms with van der Waals surface area (Å²) in [5.74, 6) is -1.69. The van der Waals surface area contributed by atoms with Gasteiger partial charge in [-0.1, -0.05) is 48.5 Å². The molecule has 246 valence electrons. The second-order valence-electron chi connectivity index (χ2n) is 12.3. The van der Waals surface area contributed by atoms with Gasteiger partial charge in [-0.3, -0.25) is 24.1 Å². The van der Waals surface area contributed by atoms with Crippen molar-refractivity contribution in [3.63, 3.8) is 0 Å². The van der Waals surface area contributed by atoms with Crippen LogP contribution >= 0.6 is 11.3 Å². The number of nitrogens with one attached hydrogen (secondary N) is 4. The molecule has 4 amide bonds. The van der Waals surface area contributed by atoms with E-state index in [1.807, 2.05) is 84.8 Å². The first-order chi connectivity index (χ1) is 22.7. The zero-order valence-corrected chi connectivity index (χ0v) is 27.1. The molecule has 5 N–H and O–H groups in total. The number of nitrogens with zero attached hydrogens (tertiary/aromatic N) is 2. The molecular weight excluding hydrogens is 616 g/mol. The molecule has 47 heavy (non-hydrogen) atoms. The number of fused-ring (bicyclic) bond motifs is 2. The largest absolute Gasteiger partial charge is 0.391 e. The number of amides is 4. The highest BCUT2D eigenvalue weighted by atomic mass is 32.1. The van der Waals surface area contributed by atoms with Gasteiger partial charge < -0.3 is 30.9 Å². The monoisotopic (exact) mass is 656 g/mol. The van der Waals surface area contributed by atoms with Crippen LogP contribution in [0.5, 0.6) is 0 Å². The van der Waals surface area contributed by atoms with E-state index in [4.69, 9.17) is 0 Å². The minimum Gasteiger partial charge on any atom is -0.391 e. The number of hydrogen-bond acceptors (Lipinski definition) is 7. The van der Waals surface area contributed by atoms with Crippen LogP contribution in [0, 0.1) is 6.92 Å². The Bertz CT molecular complexity index is 1740. The van der Waals surface area contributed by atoms with Gasteiger partial charge in [0.2, 0.25) is 23.6 Å².